The van der Waals surface area contributed by atoms with E-state index in [1.54, 1.807) is 36.0 Å². The number of ketones is 1. The number of hydrogen-bond donors (Lipinski definition) is 0. The van der Waals surface area contributed by atoms with Crippen molar-refractivity contribution in [2.75, 3.05) is 0 Å². The molecule has 0 aliphatic rings. The average molecular weight is 344 g/mol. The second-order valence-electron chi connectivity index (χ2n) is 4.04. The highest BCUT2D eigenvalue weighted by molar-refractivity contribution is 9.10. The summed E-state index contributed by atoms with van der Waals surface area (Å²) >= 11 is 9.26. The monoisotopic (exact) mass is 342 g/mol. The molecular formula is C13H12BrClN2O2. The molecule has 0 fully saturated rings. The smallest absolute Gasteiger partial charge is 0.163 e. The third-order valence-electron chi connectivity index (χ3n) is 2.71. The van der Waals surface area contributed by atoms with E-state index in [9.17, 15) is 4.79 Å². The maximum absolute atomic E-state index is 11.5. The Kier molecular flexibility index (Phi) is 4.27. The lowest BCUT2D eigenvalue weighted by molar-refractivity contribution is 0.101. The van der Waals surface area contributed by atoms with Gasteiger partial charge in [-0.1, -0.05) is 27.5 Å². The number of nitrogens with zero attached hydrogens (tertiary/aromatic N) is 2. The molecule has 6 heteroatoms. The van der Waals surface area contributed by atoms with Crippen LogP contribution in [0, 0.1) is 0 Å². The van der Waals surface area contributed by atoms with Crippen molar-refractivity contribution in [1.82, 2.24) is 9.55 Å². The Morgan fingerprint density at radius 2 is 2.26 bits per heavy atom. The molecule has 19 heavy (non-hydrogen) atoms. The fourth-order valence-corrected chi connectivity index (χ4v) is 2.09. The van der Waals surface area contributed by atoms with Gasteiger partial charge in [0.25, 0.3) is 0 Å². The number of carbonyl (C=O) groups is 1. The summed E-state index contributed by atoms with van der Waals surface area (Å²) in [5, 5.41) is 0.541. The number of benzene rings is 1. The van der Waals surface area contributed by atoms with Gasteiger partial charge < -0.3 is 9.30 Å². The van der Waals surface area contributed by atoms with E-state index >= 15 is 0 Å². The fourth-order valence-electron chi connectivity index (χ4n) is 1.61. The molecule has 2 rings (SSSR count). The molecule has 100 valence electrons. The second-order valence-corrected chi connectivity index (χ2v) is 5.34. The summed E-state index contributed by atoms with van der Waals surface area (Å²) < 4.78 is 8.25. The molecule has 1 aromatic heterocycles. The van der Waals surface area contributed by atoms with E-state index in [1.807, 2.05) is 0 Å². The summed E-state index contributed by atoms with van der Waals surface area (Å²) in [6, 6.07) is 5.30. The minimum atomic E-state index is -0.0413. The van der Waals surface area contributed by atoms with Crippen LogP contribution in [0.1, 0.15) is 23.1 Å². The first-order valence-corrected chi connectivity index (χ1v) is 6.75. The summed E-state index contributed by atoms with van der Waals surface area (Å²) in [7, 11) is 1.81. The first-order chi connectivity index (χ1) is 8.99. The number of aromatic nitrogens is 2. The number of halogens is 2. The van der Waals surface area contributed by atoms with Crippen LogP contribution in [-0.2, 0) is 13.7 Å². The Morgan fingerprint density at radius 1 is 1.53 bits per heavy atom. The Balaban J connectivity index is 2.21. The Labute approximate surface area is 124 Å². The third kappa shape index (κ3) is 3.16. The van der Waals surface area contributed by atoms with Crippen LogP contribution >= 0.6 is 27.5 Å². The molecule has 0 aliphatic carbocycles. The first kappa shape index (κ1) is 14.1. The van der Waals surface area contributed by atoms with Gasteiger partial charge in [0.05, 0.1) is 11.8 Å². The molecule has 0 amide bonds. The fraction of sp³-hybridized carbons (Fsp3) is 0.231. The maximum Gasteiger partial charge on any atom is 0.163 e. The van der Waals surface area contributed by atoms with Gasteiger partial charge >= 0.3 is 0 Å². The van der Waals surface area contributed by atoms with E-state index in [1.165, 1.54) is 6.92 Å². The third-order valence-corrected chi connectivity index (χ3v) is 3.55. The summed E-state index contributed by atoms with van der Waals surface area (Å²) in [5.41, 5.74) is 0.545. The van der Waals surface area contributed by atoms with E-state index in [4.69, 9.17) is 16.3 Å². The van der Waals surface area contributed by atoms with E-state index in [2.05, 4.69) is 20.9 Å². The van der Waals surface area contributed by atoms with Gasteiger partial charge in [0.1, 0.15) is 23.3 Å². The summed E-state index contributed by atoms with van der Waals surface area (Å²) in [6.07, 6.45) is 1.56. The number of rotatable bonds is 4. The lowest BCUT2D eigenvalue weighted by atomic mass is 10.1. The molecule has 0 spiro atoms. The molecule has 0 saturated carbocycles. The number of Topliss-reactive ketones (excluding diaryl/α,β-unsaturated/α-hetero) is 1. The standard InChI is InChI=1S/C13H12BrClN2O2/c1-8(18)10-4-3-9(14)5-11(10)19-7-13-16-6-12(15)17(13)2/h3-6H,7H2,1-2H3. The molecule has 0 saturated heterocycles. The van der Waals surface area contributed by atoms with Gasteiger partial charge in [0.2, 0.25) is 0 Å². The summed E-state index contributed by atoms with van der Waals surface area (Å²) in [5.74, 6) is 1.18. The quantitative estimate of drug-likeness (QED) is 0.797. The highest BCUT2D eigenvalue weighted by Crippen LogP contribution is 2.25. The predicted octanol–water partition coefficient (Wildman–Crippen LogP) is 3.62. The number of imidazole rings is 1. The maximum atomic E-state index is 11.5. The molecule has 0 radical (unpaired) electrons. The zero-order chi connectivity index (χ0) is 14.0. The van der Waals surface area contributed by atoms with E-state index in [0.717, 1.165) is 4.47 Å². The summed E-state index contributed by atoms with van der Waals surface area (Å²) in [6.45, 7) is 1.76. The topological polar surface area (TPSA) is 44.1 Å². The largest absolute Gasteiger partial charge is 0.485 e. The van der Waals surface area contributed by atoms with Crippen LogP contribution in [0.25, 0.3) is 0 Å². The van der Waals surface area contributed by atoms with Gasteiger partial charge in [-0.05, 0) is 25.1 Å². The van der Waals surface area contributed by atoms with Crippen molar-refractivity contribution in [3.05, 3.63) is 45.4 Å². The molecule has 0 N–H and O–H groups in total. The molecule has 0 unspecified atom stereocenters. The van der Waals surface area contributed by atoms with Crippen molar-refractivity contribution >= 4 is 33.3 Å². The molecule has 0 aliphatic heterocycles. The van der Waals surface area contributed by atoms with Crippen LogP contribution in [0.5, 0.6) is 5.75 Å². The van der Waals surface area contributed by atoms with Gasteiger partial charge in [0, 0.05) is 11.5 Å². The van der Waals surface area contributed by atoms with Crippen LogP contribution in [0.15, 0.2) is 28.9 Å². The van der Waals surface area contributed by atoms with Crippen molar-refractivity contribution < 1.29 is 9.53 Å². The Bertz CT molecular complexity index is 625. The second kappa shape index (κ2) is 5.75. The van der Waals surface area contributed by atoms with E-state index < -0.39 is 0 Å². The molecule has 0 bridgehead atoms. The molecule has 1 heterocycles. The highest BCUT2D eigenvalue weighted by atomic mass is 79.9. The minimum absolute atomic E-state index is 0.0413. The molecule has 0 atom stereocenters. The van der Waals surface area contributed by atoms with Crippen molar-refractivity contribution in [3.8, 4) is 5.75 Å². The van der Waals surface area contributed by atoms with Gasteiger partial charge in [-0.25, -0.2) is 4.98 Å². The number of hydrogen-bond acceptors (Lipinski definition) is 3. The number of ether oxygens (including phenoxy) is 1. The van der Waals surface area contributed by atoms with Crippen LogP contribution < -0.4 is 4.74 Å². The number of carbonyl (C=O) groups excluding carboxylic acids is 1. The van der Waals surface area contributed by atoms with Gasteiger partial charge in [-0.2, -0.15) is 0 Å². The first-order valence-electron chi connectivity index (χ1n) is 5.58. The molecule has 1 aromatic carbocycles. The van der Waals surface area contributed by atoms with E-state index in [0.29, 0.717) is 22.3 Å². The predicted molar refractivity (Wildman–Crippen MR) is 76.7 cm³/mol. The summed E-state index contributed by atoms with van der Waals surface area (Å²) in [4.78, 5) is 15.7. The van der Waals surface area contributed by atoms with Gasteiger partial charge in [-0.15, -0.1) is 0 Å². The normalized spacial score (nSPS) is 10.5. The zero-order valence-corrected chi connectivity index (χ0v) is 12.8. The zero-order valence-electron chi connectivity index (χ0n) is 10.5. The lowest BCUT2D eigenvalue weighted by Gasteiger charge is -2.10. The van der Waals surface area contributed by atoms with Crippen molar-refractivity contribution in [3.63, 3.8) is 0 Å². The van der Waals surface area contributed by atoms with Crippen LogP contribution in [0.2, 0.25) is 5.15 Å². The molecular weight excluding hydrogens is 332 g/mol. The average Bonchev–Trinajstić information content (AvgIpc) is 2.67. The van der Waals surface area contributed by atoms with Crippen molar-refractivity contribution in [2.45, 2.75) is 13.5 Å². The van der Waals surface area contributed by atoms with Crippen molar-refractivity contribution in [2.24, 2.45) is 7.05 Å². The Hall–Kier alpha value is -1.33. The van der Waals surface area contributed by atoms with Crippen LogP contribution in [-0.4, -0.2) is 15.3 Å². The van der Waals surface area contributed by atoms with Crippen LogP contribution in [0.4, 0.5) is 0 Å². The lowest BCUT2D eigenvalue weighted by Crippen LogP contribution is -2.06. The SMILES string of the molecule is CC(=O)c1ccc(Br)cc1OCc1ncc(Cl)n1C. The van der Waals surface area contributed by atoms with Crippen molar-refractivity contribution in [1.29, 1.82) is 0 Å². The Morgan fingerprint density at radius 3 is 2.84 bits per heavy atom. The minimum Gasteiger partial charge on any atom is -0.485 e. The molecule has 4 nitrogen and oxygen atoms in total. The van der Waals surface area contributed by atoms with Gasteiger partial charge in [0.15, 0.2) is 5.78 Å². The molecule has 2 aromatic rings. The van der Waals surface area contributed by atoms with E-state index in [-0.39, 0.29) is 12.4 Å². The van der Waals surface area contributed by atoms with Crippen LogP contribution in [0.3, 0.4) is 0 Å². The van der Waals surface area contributed by atoms with Gasteiger partial charge in [-0.3, -0.25) is 4.79 Å². The highest BCUT2D eigenvalue weighted by Gasteiger charge is 2.11.